The average Bonchev–Trinajstić information content (AvgIpc) is 2.31. The molecule has 2 N–H and O–H groups in total. The number of rotatable bonds is 3. The van der Waals surface area contributed by atoms with Crippen molar-refractivity contribution >= 4 is 11.6 Å². The fourth-order valence-electron chi connectivity index (χ4n) is 2.44. The number of hydrogen-bond donors (Lipinski definition) is 1. The minimum absolute atomic E-state index is 0.0200. The Kier molecular flexibility index (Phi) is 3.99. The normalized spacial score (nSPS) is 20.3. The maximum Gasteiger partial charge on any atom is 0.253 e. The van der Waals surface area contributed by atoms with E-state index in [0.29, 0.717) is 13.2 Å². The van der Waals surface area contributed by atoms with Gasteiger partial charge in [0.15, 0.2) is 0 Å². The molecule has 0 aliphatic carbocycles. The number of nitrogens with zero attached hydrogens (tertiary/aromatic N) is 1. The lowest BCUT2D eigenvalue weighted by atomic mass is 10.1. The lowest BCUT2D eigenvalue weighted by molar-refractivity contribution is -0.127. The number of aryl methyl sites for hydroxylation is 2. The molecule has 4 heteroatoms. The van der Waals surface area contributed by atoms with Gasteiger partial charge in [0.2, 0.25) is 0 Å². The molecule has 0 aromatic heterocycles. The van der Waals surface area contributed by atoms with E-state index in [2.05, 4.69) is 13.0 Å². The maximum atomic E-state index is 12.1. The highest BCUT2D eigenvalue weighted by Gasteiger charge is 2.30. The summed E-state index contributed by atoms with van der Waals surface area (Å²) in [6.07, 6.45) is 0.763. The Labute approximate surface area is 108 Å². The predicted molar refractivity (Wildman–Crippen MR) is 71.7 cm³/mol. The highest BCUT2D eigenvalue weighted by Crippen LogP contribution is 2.26. The fraction of sp³-hybridized carbons (Fsp3) is 0.500. The first-order chi connectivity index (χ1) is 8.63. The maximum absolute atomic E-state index is 12.1. The molecular formula is C14H20N2O2. The summed E-state index contributed by atoms with van der Waals surface area (Å²) in [5.74, 6) is 0.0200. The van der Waals surface area contributed by atoms with Gasteiger partial charge in [0.25, 0.3) is 5.91 Å². The third-order valence-electron chi connectivity index (χ3n) is 3.28. The van der Waals surface area contributed by atoms with Crippen LogP contribution in [0.5, 0.6) is 0 Å². The van der Waals surface area contributed by atoms with E-state index < -0.39 is 0 Å². The Bertz CT molecular complexity index is 443. The second kappa shape index (κ2) is 5.50. The SMILES string of the molecule is Cc1ccc(N2C(=O)COCC2CCN)c(C)c1. The van der Waals surface area contributed by atoms with Crippen molar-refractivity contribution in [2.24, 2.45) is 5.73 Å². The molecule has 4 nitrogen and oxygen atoms in total. The number of anilines is 1. The lowest BCUT2D eigenvalue weighted by Crippen LogP contribution is -2.50. The number of hydrogen-bond acceptors (Lipinski definition) is 3. The summed E-state index contributed by atoms with van der Waals surface area (Å²) < 4.78 is 5.32. The predicted octanol–water partition coefficient (Wildman–Crippen LogP) is 1.38. The van der Waals surface area contributed by atoms with E-state index in [4.69, 9.17) is 10.5 Å². The molecule has 2 rings (SSSR count). The van der Waals surface area contributed by atoms with Gasteiger partial charge in [-0.1, -0.05) is 17.7 Å². The van der Waals surface area contributed by atoms with Crippen LogP contribution in [0.3, 0.4) is 0 Å². The summed E-state index contributed by atoms with van der Waals surface area (Å²) in [7, 11) is 0. The highest BCUT2D eigenvalue weighted by atomic mass is 16.5. The molecule has 1 aliphatic heterocycles. The van der Waals surface area contributed by atoms with Crippen LogP contribution in [0.1, 0.15) is 17.5 Å². The number of amides is 1. The van der Waals surface area contributed by atoms with E-state index in [9.17, 15) is 4.79 Å². The van der Waals surface area contributed by atoms with E-state index in [1.165, 1.54) is 5.56 Å². The minimum atomic E-state index is 0.0200. The first-order valence-corrected chi connectivity index (χ1v) is 6.30. The molecule has 1 heterocycles. The zero-order valence-electron chi connectivity index (χ0n) is 11.0. The van der Waals surface area contributed by atoms with Crippen molar-refractivity contribution in [1.82, 2.24) is 0 Å². The van der Waals surface area contributed by atoms with E-state index in [1.807, 2.05) is 24.0 Å². The van der Waals surface area contributed by atoms with Gasteiger partial charge in [-0.2, -0.15) is 0 Å². The number of morpholine rings is 1. The van der Waals surface area contributed by atoms with Crippen LogP contribution in [0.4, 0.5) is 5.69 Å². The standard InChI is InChI=1S/C14H20N2O2/c1-10-3-4-13(11(2)7-10)16-12(5-6-15)8-18-9-14(16)17/h3-4,7,12H,5-6,8-9,15H2,1-2H3. The monoisotopic (exact) mass is 248 g/mol. The molecule has 1 unspecified atom stereocenters. The summed E-state index contributed by atoms with van der Waals surface area (Å²) in [6, 6.07) is 6.19. The van der Waals surface area contributed by atoms with Crippen LogP contribution in [-0.4, -0.2) is 31.7 Å². The van der Waals surface area contributed by atoms with Crippen molar-refractivity contribution in [1.29, 1.82) is 0 Å². The van der Waals surface area contributed by atoms with Gasteiger partial charge in [-0.05, 0) is 38.4 Å². The molecule has 1 aromatic carbocycles. The van der Waals surface area contributed by atoms with E-state index in [-0.39, 0.29) is 18.6 Å². The van der Waals surface area contributed by atoms with Gasteiger partial charge < -0.3 is 15.4 Å². The Morgan fingerprint density at radius 3 is 2.89 bits per heavy atom. The number of benzene rings is 1. The molecule has 0 radical (unpaired) electrons. The number of nitrogens with two attached hydrogens (primary N) is 1. The quantitative estimate of drug-likeness (QED) is 0.879. The van der Waals surface area contributed by atoms with Crippen molar-refractivity contribution in [3.05, 3.63) is 29.3 Å². The average molecular weight is 248 g/mol. The molecule has 1 atom stereocenters. The van der Waals surface area contributed by atoms with E-state index in [0.717, 1.165) is 17.7 Å². The Hall–Kier alpha value is -1.39. The van der Waals surface area contributed by atoms with Crippen LogP contribution >= 0.6 is 0 Å². The van der Waals surface area contributed by atoms with Gasteiger partial charge >= 0.3 is 0 Å². The minimum Gasteiger partial charge on any atom is -0.369 e. The summed E-state index contributed by atoms with van der Waals surface area (Å²) in [5.41, 5.74) is 8.91. The van der Waals surface area contributed by atoms with Crippen molar-refractivity contribution in [3.8, 4) is 0 Å². The Morgan fingerprint density at radius 1 is 1.44 bits per heavy atom. The zero-order valence-corrected chi connectivity index (χ0v) is 11.0. The highest BCUT2D eigenvalue weighted by molar-refractivity contribution is 5.96. The summed E-state index contributed by atoms with van der Waals surface area (Å²) >= 11 is 0. The lowest BCUT2D eigenvalue weighted by Gasteiger charge is -2.36. The van der Waals surface area contributed by atoms with Gasteiger partial charge in [0.1, 0.15) is 6.61 Å². The molecule has 1 aromatic rings. The van der Waals surface area contributed by atoms with Crippen LogP contribution < -0.4 is 10.6 Å². The van der Waals surface area contributed by atoms with E-state index >= 15 is 0 Å². The van der Waals surface area contributed by atoms with Crippen LogP contribution in [0.25, 0.3) is 0 Å². The topological polar surface area (TPSA) is 55.6 Å². The van der Waals surface area contributed by atoms with E-state index in [1.54, 1.807) is 0 Å². The molecule has 0 saturated carbocycles. The summed E-state index contributed by atoms with van der Waals surface area (Å²) in [5, 5.41) is 0. The van der Waals surface area contributed by atoms with Crippen molar-refractivity contribution < 1.29 is 9.53 Å². The van der Waals surface area contributed by atoms with Crippen LogP contribution in [0.2, 0.25) is 0 Å². The van der Waals surface area contributed by atoms with Gasteiger partial charge in [0, 0.05) is 5.69 Å². The molecule has 98 valence electrons. The molecule has 18 heavy (non-hydrogen) atoms. The zero-order chi connectivity index (χ0) is 13.1. The second-order valence-corrected chi connectivity index (χ2v) is 4.80. The molecule has 1 aliphatic rings. The van der Waals surface area contributed by atoms with Crippen molar-refractivity contribution in [2.75, 3.05) is 24.7 Å². The van der Waals surface area contributed by atoms with Crippen molar-refractivity contribution in [2.45, 2.75) is 26.3 Å². The largest absolute Gasteiger partial charge is 0.369 e. The second-order valence-electron chi connectivity index (χ2n) is 4.80. The van der Waals surface area contributed by atoms with Gasteiger partial charge in [-0.25, -0.2) is 0 Å². The molecule has 1 saturated heterocycles. The molecule has 1 fully saturated rings. The molecule has 0 spiro atoms. The number of carbonyl (C=O) groups is 1. The molecule has 1 amide bonds. The van der Waals surface area contributed by atoms with Crippen LogP contribution in [0, 0.1) is 13.8 Å². The van der Waals surface area contributed by atoms with Gasteiger partial charge in [-0.15, -0.1) is 0 Å². The smallest absolute Gasteiger partial charge is 0.253 e. The summed E-state index contributed by atoms with van der Waals surface area (Å²) in [6.45, 7) is 5.37. The fourth-order valence-corrected chi connectivity index (χ4v) is 2.44. The number of ether oxygens (including phenoxy) is 1. The first kappa shape index (κ1) is 13.1. The van der Waals surface area contributed by atoms with Crippen molar-refractivity contribution in [3.63, 3.8) is 0 Å². The third kappa shape index (κ3) is 2.54. The van der Waals surface area contributed by atoms with Crippen LogP contribution in [-0.2, 0) is 9.53 Å². The number of carbonyl (C=O) groups excluding carboxylic acids is 1. The van der Waals surface area contributed by atoms with Crippen LogP contribution in [0.15, 0.2) is 18.2 Å². The molecular weight excluding hydrogens is 228 g/mol. The third-order valence-corrected chi connectivity index (χ3v) is 3.28. The van der Waals surface area contributed by atoms with Gasteiger partial charge in [-0.3, -0.25) is 4.79 Å². The Balaban J connectivity index is 2.34. The first-order valence-electron chi connectivity index (χ1n) is 6.30. The summed E-state index contributed by atoms with van der Waals surface area (Å²) in [4.78, 5) is 13.9. The Morgan fingerprint density at radius 2 is 2.22 bits per heavy atom. The van der Waals surface area contributed by atoms with Gasteiger partial charge in [0.05, 0.1) is 12.6 Å². The molecule has 0 bridgehead atoms.